The van der Waals surface area contributed by atoms with E-state index in [4.69, 9.17) is 4.74 Å². The fourth-order valence-corrected chi connectivity index (χ4v) is 5.11. The first-order chi connectivity index (χ1) is 16.8. The predicted octanol–water partition coefficient (Wildman–Crippen LogP) is 5.79. The van der Waals surface area contributed by atoms with E-state index >= 15 is 0 Å². The highest BCUT2D eigenvalue weighted by Crippen LogP contribution is 2.39. The zero-order valence-corrected chi connectivity index (χ0v) is 19.5. The Bertz CT molecular complexity index is 1400. The fraction of sp³-hybridized carbons (Fsp3) is 0.148. The molecule has 0 bridgehead atoms. The summed E-state index contributed by atoms with van der Waals surface area (Å²) in [7, 11) is 1.67. The first-order valence-corrected chi connectivity index (χ1v) is 11.9. The number of ether oxygens (including phenoxy) is 1. The summed E-state index contributed by atoms with van der Waals surface area (Å²) < 4.78 is 7.38. The molecule has 0 spiro atoms. The average Bonchev–Trinajstić information content (AvgIpc) is 3.51. The van der Waals surface area contributed by atoms with Crippen LogP contribution in [0.25, 0.3) is 22.3 Å². The van der Waals surface area contributed by atoms with Gasteiger partial charge in [-0.2, -0.15) is 0 Å². The third-order valence-electron chi connectivity index (χ3n) is 5.69. The van der Waals surface area contributed by atoms with E-state index in [-0.39, 0.29) is 5.78 Å². The fourth-order valence-electron chi connectivity index (χ4n) is 3.98. The average molecular weight is 469 g/mol. The van der Waals surface area contributed by atoms with Crippen molar-refractivity contribution in [3.05, 3.63) is 102 Å². The number of hydrogen-bond acceptors (Lipinski definition) is 5. The van der Waals surface area contributed by atoms with Crippen LogP contribution < -0.4 is 0 Å². The predicted molar refractivity (Wildman–Crippen MR) is 135 cm³/mol. The number of fused-ring (bicyclic) bond motifs is 1. The summed E-state index contributed by atoms with van der Waals surface area (Å²) in [4.78, 5) is 17.1. The minimum atomic E-state index is -0.477. The van der Waals surface area contributed by atoms with Gasteiger partial charge in [-0.1, -0.05) is 90.6 Å². The van der Waals surface area contributed by atoms with E-state index in [1.165, 1.54) is 11.8 Å². The number of benzene rings is 3. The van der Waals surface area contributed by atoms with Gasteiger partial charge in [-0.05, 0) is 11.6 Å². The van der Waals surface area contributed by atoms with Crippen molar-refractivity contribution >= 4 is 28.4 Å². The van der Waals surface area contributed by atoms with E-state index in [0.29, 0.717) is 23.9 Å². The summed E-state index contributed by atoms with van der Waals surface area (Å²) in [5, 5.41) is 10.1. The lowest BCUT2D eigenvalue weighted by atomic mass is 10.0. The molecule has 0 radical (unpaired) electrons. The Morgan fingerprint density at radius 1 is 0.971 bits per heavy atom. The van der Waals surface area contributed by atoms with Crippen molar-refractivity contribution in [2.45, 2.75) is 17.0 Å². The number of para-hydroxylation sites is 1. The number of hydrogen-bond donors (Lipinski definition) is 1. The van der Waals surface area contributed by atoms with Crippen LogP contribution in [0.4, 0.5) is 0 Å². The molecule has 2 aromatic heterocycles. The number of carbonyl (C=O) groups is 1. The summed E-state index contributed by atoms with van der Waals surface area (Å²) in [5.41, 5.74) is 3.50. The lowest BCUT2D eigenvalue weighted by Gasteiger charge is -2.17. The molecule has 34 heavy (non-hydrogen) atoms. The van der Waals surface area contributed by atoms with Gasteiger partial charge < -0.3 is 9.72 Å². The van der Waals surface area contributed by atoms with Gasteiger partial charge in [0.2, 0.25) is 0 Å². The topological polar surface area (TPSA) is 72.8 Å². The van der Waals surface area contributed by atoms with Gasteiger partial charge in [-0.25, -0.2) is 0 Å². The minimum absolute atomic E-state index is 0.0243. The first kappa shape index (κ1) is 22.1. The normalized spacial score (nSPS) is 12.1. The van der Waals surface area contributed by atoms with Crippen LogP contribution in [0, 0.1) is 0 Å². The van der Waals surface area contributed by atoms with Gasteiger partial charge in [0.1, 0.15) is 5.25 Å². The summed E-state index contributed by atoms with van der Waals surface area (Å²) in [5.74, 6) is 0.780. The Hall–Kier alpha value is -3.68. The maximum absolute atomic E-state index is 13.9. The third-order valence-corrected chi connectivity index (χ3v) is 6.92. The molecule has 2 heterocycles. The molecule has 0 saturated heterocycles. The molecule has 170 valence electrons. The van der Waals surface area contributed by atoms with Gasteiger partial charge in [0, 0.05) is 35.3 Å². The quantitative estimate of drug-likeness (QED) is 0.219. The number of nitrogens with zero attached hydrogens (tertiary/aromatic N) is 3. The smallest absolute Gasteiger partial charge is 0.192 e. The number of aromatic amines is 1. The molecule has 3 aromatic carbocycles. The Kier molecular flexibility index (Phi) is 6.56. The minimum Gasteiger partial charge on any atom is -0.383 e. The van der Waals surface area contributed by atoms with Crippen LogP contribution in [0.5, 0.6) is 0 Å². The molecule has 0 aliphatic rings. The van der Waals surface area contributed by atoms with Gasteiger partial charge >= 0.3 is 0 Å². The monoisotopic (exact) mass is 468 g/mol. The second-order valence-corrected chi connectivity index (χ2v) is 8.91. The maximum atomic E-state index is 13.9. The number of rotatable bonds is 9. The van der Waals surface area contributed by atoms with Crippen molar-refractivity contribution in [2.75, 3.05) is 13.7 Å². The van der Waals surface area contributed by atoms with Crippen LogP contribution in [0.2, 0.25) is 0 Å². The first-order valence-electron chi connectivity index (χ1n) is 11.1. The van der Waals surface area contributed by atoms with Crippen LogP contribution >= 0.6 is 11.8 Å². The Morgan fingerprint density at radius 3 is 2.44 bits per heavy atom. The second-order valence-electron chi connectivity index (χ2n) is 7.84. The van der Waals surface area contributed by atoms with E-state index < -0.39 is 5.25 Å². The maximum Gasteiger partial charge on any atom is 0.192 e. The molecule has 5 rings (SSSR count). The third kappa shape index (κ3) is 4.40. The number of H-pyrrole nitrogens is 1. The van der Waals surface area contributed by atoms with Crippen LogP contribution in [0.15, 0.2) is 96.3 Å². The molecule has 0 aliphatic heterocycles. The van der Waals surface area contributed by atoms with Gasteiger partial charge in [-0.15, -0.1) is 10.2 Å². The molecular formula is C27H24N4O2S. The SMILES string of the molecule is COCCn1c(S[C@@H](C(=O)c2c[nH]c3ccccc23)c2ccccc2)nnc1-c1ccccc1. The molecular weight excluding hydrogens is 444 g/mol. The zero-order chi connectivity index (χ0) is 23.3. The summed E-state index contributed by atoms with van der Waals surface area (Å²) in [6, 6.07) is 27.6. The molecule has 0 saturated carbocycles. The van der Waals surface area contributed by atoms with Gasteiger partial charge in [0.15, 0.2) is 16.8 Å². The van der Waals surface area contributed by atoms with Gasteiger partial charge in [0.25, 0.3) is 0 Å². The van der Waals surface area contributed by atoms with E-state index in [9.17, 15) is 4.79 Å². The van der Waals surface area contributed by atoms with Crippen molar-refractivity contribution in [1.82, 2.24) is 19.7 Å². The van der Waals surface area contributed by atoms with Crippen LogP contribution in [0.1, 0.15) is 21.2 Å². The van der Waals surface area contributed by atoms with Crippen LogP contribution in [-0.4, -0.2) is 39.2 Å². The molecule has 0 amide bonds. The highest BCUT2D eigenvalue weighted by atomic mass is 32.2. The largest absolute Gasteiger partial charge is 0.383 e. The number of methoxy groups -OCH3 is 1. The molecule has 5 aromatic rings. The van der Waals surface area contributed by atoms with Crippen LogP contribution in [0.3, 0.4) is 0 Å². The summed E-state index contributed by atoms with van der Waals surface area (Å²) in [6.45, 7) is 1.09. The van der Waals surface area contributed by atoms with Crippen molar-refractivity contribution in [1.29, 1.82) is 0 Å². The van der Waals surface area contributed by atoms with E-state index in [2.05, 4.69) is 15.2 Å². The molecule has 0 aliphatic carbocycles. The Morgan fingerprint density at radius 2 is 1.68 bits per heavy atom. The molecule has 1 atom stereocenters. The number of thioether (sulfide) groups is 1. The van der Waals surface area contributed by atoms with Crippen molar-refractivity contribution < 1.29 is 9.53 Å². The number of nitrogens with one attached hydrogen (secondary N) is 1. The Labute approximate surface area is 202 Å². The summed E-state index contributed by atoms with van der Waals surface area (Å²) >= 11 is 1.42. The van der Waals surface area contributed by atoms with Gasteiger partial charge in [-0.3, -0.25) is 9.36 Å². The number of carbonyl (C=O) groups excluding carboxylic acids is 1. The molecule has 7 heteroatoms. The molecule has 0 unspecified atom stereocenters. The van der Waals surface area contributed by atoms with Crippen molar-refractivity contribution in [2.24, 2.45) is 0 Å². The van der Waals surface area contributed by atoms with Crippen molar-refractivity contribution in [3.63, 3.8) is 0 Å². The van der Waals surface area contributed by atoms with E-state index in [1.54, 1.807) is 13.3 Å². The number of ketones is 1. The van der Waals surface area contributed by atoms with Crippen molar-refractivity contribution in [3.8, 4) is 11.4 Å². The highest BCUT2D eigenvalue weighted by molar-refractivity contribution is 8.00. The second kappa shape index (κ2) is 10.1. The molecule has 1 N–H and O–H groups in total. The van der Waals surface area contributed by atoms with E-state index in [0.717, 1.165) is 27.9 Å². The van der Waals surface area contributed by atoms with E-state index in [1.807, 2.05) is 89.5 Å². The van der Waals surface area contributed by atoms with Gasteiger partial charge in [0.05, 0.1) is 13.2 Å². The lowest BCUT2D eigenvalue weighted by Crippen LogP contribution is -2.12. The zero-order valence-electron chi connectivity index (χ0n) is 18.7. The summed E-state index contributed by atoms with van der Waals surface area (Å²) in [6.07, 6.45) is 1.80. The lowest BCUT2D eigenvalue weighted by molar-refractivity contribution is 0.0991. The highest BCUT2D eigenvalue weighted by Gasteiger charge is 2.28. The number of Topliss-reactive ketones (excluding diaryl/α,β-unsaturated/α-hetero) is 1. The molecule has 6 nitrogen and oxygen atoms in total. The standard InChI is InChI=1S/C27H24N4O2S/c1-33-17-16-31-26(20-12-6-3-7-13-20)29-30-27(31)34-25(19-10-4-2-5-11-19)24(32)22-18-28-23-15-9-8-14-21(22)23/h2-15,18,25,28H,16-17H2,1H3/t25-/m1/s1. The Balaban J connectivity index is 1.56. The molecule has 0 fully saturated rings. The number of aromatic nitrogens is 4. The van der Waals surface area contributed by atoms with Crippen LogP contribution in [-0.2, 0) is 11.3 Å².